The smallest absolute Gasteiger partial charge is 0.306 e. The summed E-state index contributed by atoms with van der Waals surface area (Å²) >= 11 is 0. The number of aryl methyl sites for hydroxylation is 2. The SMILES string of the molecule is C/C(=C\CC[C@]1(C)CCc2cc(O)cc(C)c2O1)CC/C=C(\C)CCCC(C)C(=O)O. The van der Waals surface area contributed by atoms with Crippen molar-refractivity contribution in [3.8, 4) is 11.5 Å². The number of aliphatic carboxylic acids is 1. The maximum atomic E-state index is 10.9. The van der Waals surface area contributed by atoms with Gasteiger partial charge in [0.2, 0.25) is 0 Å². The molecular weight excluding hydrogens is 388 g/mol. The molecule has 2 N–H and O–H groups in total. The molecule has 1 heterocycles. The van der Waals surface area contributed by atoms with Crippen LogP contribution in [0.3, 0.4) is 0 Å². The lowest BCUT2D eigenvalue weighted by Crippen LogP contribution is -2.36. The Morgan fingerprint density at radius 3 is 2.58 bits per heavy atom. The van der Waals surface area contributed by atoms with Crippen LogP contribution in [-0.4, -0.2) is 21.8 Å². The number of ether oxygens (including phenoxy) is 1. The molecule has 0 amide bonds. The third kappa shape index (κ3) is 8.08. The van der Waals surface area contributed by atoms with Crippen molar-refractivity contribution in [1.82, 2.24) is 0 Å². The average molecular weight is 429 g/mol. The summed E-state index contributed by atoms with van der Waals surface area (Å²) in [6.07, 6.45) is 13.3. The summed E-state index contributed by atoms with van der Waals surface area (Å²) in [7, 11) is 0. The number of phenols is 1. The molecule has 1 aromatic rings. The van der Waals surface area contributed by atoms with E-state index in [2.05, 4.69) is 32.9 Å². The van der Waals surface area contributed by atoms with Crippen LogP contribution in [-0.2, 0) is 11.2 Å². The summed E-state index contributed by atoms with van der Waals surface area (Å²) < 4.78 is 6.38. The van der Waals surface area contributed by atoms with Gasteiger partial charge in [0.1, 0.15) is 17.1 Å². The Morgan fingerprint density at radius 2 is 1.87 bits per heavy atom. The zero-order valence-corrected chi connectivity index (χ0v) is 20.0. The van der Waals surface area contributed by atoms with E-state index >= 15 is 0 Å². The average Bonchev–Trinajstić information content (AvgIpc) is 2.68. The first-order chi connectivity index (χ1) is 14.6. The van der Waals surface area contributed by atoms with E-state index in [0.29, 0.717) is 5.75 Å². The van der Waals surface area contributed by atoms with Gasteiger partial charge in [0.15, 0.2) is 0 Å². The van der Waals surface area contributed by atoms with Gasteiger partial charge in [0, 0.05) is 0 Å². The van der Waals surface area contributed by atoms with Gasteiger partial charge in [0.25, 0.3) is 0 Å². The van der Waals surface area contributed by atoms with Gasteiger partial charge < -0.3 is 14.9 Å². The third-order valence-corrected chi connectivity index (χ3v) is 6.44. The fourth-order valence-electron chi connectivity index (χ4n) is 4.22. The molecule has 1 aliphatic rings. The Morgan fingerprint density at radius 1 is 1.19 bits per heavy atom. The molecule has 31 heavy (non-hydrogen) atoms. The fourth-order valence-corrected chi connectivity index (χ4v) is 4.22. The van der Waals surface area contributed by atoms with Gasteiger partial charge in [-0.05, 0) is 109 Å². The van der Waals surface area contributed by atoms with Crippen molar-refractivity contribution >= 4 is 5.97 Å². The number of carbonyl (C=O) groups is 1. The molecule has 4 heteroatoms. The van der Waals surface area contributed by atoms with Gasteiger partial charge in [-0.25, -0.2) is 0 Å². The molecule has 0 saturated carbocycles. The molecule has 0 bridgehead atoms. The molecule has 4 nitrogen and oxygen atoms in total. The molecule has 172 valence electrons. The van der Waals surface area contributed by atoms with Crippen LogP contribution in [0.25, 0.3) is 0 Å². The number of allylic oxidation sites excluding steroid dienone is 4. The molecule has 1 aromatic carbocycles. The van der Waals surface area contributed by atoms with E-state index in [0.717, 1.165) is 74.7 Å². The molecule has 0 radical (unpaired) electrons. The Labute approximate surface area is 188 Å². The minimum atomic E-state index is -0.700. The highest BCUT2D eigenvalue weighted by molar-refractivity contribution is 5.69. The van der Waals surface area contributed by atoms with Gasteiger partial charge in [-0.1, -0.05) is 30.2 Å². The molecule has 2 rings (SSSR count). The summed E-state index contributed by atoms with van der Waals surface area (Å²) in [6, 6.07) is 3.60. The van der Waals surface area contributed by atoms with E-state index in [-0.39, 0.29) is 11.5 Å². The van der Waals surface area contributed by atoms with Crippen molar-refractivity contribution in [2.24, 2.45) is 5.92 Å². The van der Waals surface area contributed by atoms with Crippen molar-refractivity contribution in [3.05, 3.63) is 46.6 Å². The number of carboxylic acids is 1. The lowest BCUT2D eigenvalue weighted by atomic mass is 9.87. The second-order valence-corrected chi connectivity index (χ2v) is 9.61. The van der Waals surface area contributed by atoms with Crippen LogP contribution in [0.15, 0.2) is 35.4 Å². The molecule has 0 saturated heterocycles. The van der Waals surface area contributed by atoms with Gasteiger partial charge in [-0.15, -0.1) is 0 Å². The Kier molecular flexibility index (Phi) is 9.21. The van der Waals surface area contributed by atoms with E-state index in [1.54, 1.807) is 13.0 Å². The maximum absolute atomic E-state index is 10.9. The van der Waals surface area contributed by atoms with Crippen LogP contribution in [0.4, 0.5) is 0 Å². The normalized spacial score (nSPS) is 20.2. The van der Waals surface area contributed by atoms with Crippen LogP contribution in [0.5, 0.6) is 11.5 Å². The van der Waals surface area contributed by atoms with Crippen LogP contribution in [0, 0.1) is 12.8 Å². The van der Waals surface area contributed by atoms with Crippen LogP contribution in [0.1, 0.15) is 90.2 Å². The Hall–Kier alpha value is -2.23. The number of hydrogen-bond acceptors (Lipinski definition) is 3. The maximum Gasteiger partial charge on any atom is 0.306 e. The molecule has 0 fully saturated rings. The Bertz CT molecular complexity index is 821. The Balaban J connectivity index is 1.74. The quantitative estimate of drug-likeness (QED) is 0.368. The van der Waals surface area contributed by atoms with Crippen molar-refractivity contribution < 1.29 is 19.7 Å². The second-order valence-electron chi connectivity index (χ2n) is 9.61. The van der Waals surface area contributed by atoms with Crippen LogP contribution >= 0.6 is 0 Å². The second kappa shape index (κ2) is 11.4. The number of carboxylic acid groups (broad SMARTS) is 1. The first-order valence-corrected chi connectivity index (χ1v) is 11.7. The molecule has 0 aliphatic carbocycles. The monoisotopic (exact) mass is 428 g/mol. The summed E-state index contributed by atoms with van der Waals surface area (Å²) in [4.78, 5) is 10.9. The van der Waals surface area contributed by atoms with E-state index in [1.165, 1.54) is 11.1 Å². The number of hydrogen-bond donors (Lipinski definition) is 2. The molecule has 0 aromatic heterocycles. The van der Waals surface area contributed by atoms with Crippen molar-refractivity contribution in [2.75, 3.05) is 0 Å². The zero-order chi connectivity index (χ0) is 23.0. The van der Waals surface area contributed by atoms with Gasteiger partial charge in [0.05, 0.1) is 5.92 Å². The summed E-state index contributed by atoms with van der Waals surface area (Å²) in [5.74, 6) is 0.317. The van der Waals surface area contributed by atoms with Gasteiger partial charge >= 0.3 is 5.97 Å². The summed E-state index contributed by atoms with van der Waals surface area (Å²) in [6.45, 7) is 10.3. The first kappa shape index (κ1) is 25.0. The van der Waals surface area contributed by atoms with Crippen molar-refractivity contribution in [3.63, 3.8) is 0 Å². The molecular formula is C27H40O4. The number of fused-ring (bicyclic) bond motifs is 1. The number of aromatic hydroxyl groups is 1. The lowest BCUT2D eigenvalue weighted by molar-refractivity contribution is -0.141. The predicted molar refractivity (Wildman–Crippen MR) is 127 cm³/mol. The van der Waals surface area contributed by atoms with E-state index in [1.807, 2.05) is 13.0 Å². The standard InChI is InChI=1S/C27H40O4/c1-19(11-7-13-21(3)26(29)30)9-6-10-20(2)12-8-15-27(5)16-14-23-18-24(28)17-22(4)25(23)31-27/h9,12,17-18,21,28H,6-8,10-11,13-16H2,1-5H3,(H,29,30)/b19-9+,20-12+/t21?,27-/m1/s1. The number of benzene rings is 1. The highest BCUT2D eigenvalue weighted by Gasteiger charge is 2.32. The van der Waals surface area contributed by atoms with E-state index in [9.17, 15) is 9.90 Å². The zero-order valence-electron chi connectivity index (χ0n) is 20.0. The predicted octanol–water partition coefficient (Wildman–Crippen LogP) is 7.13. The molecule has 2 atom stereocenters. The van der Waals surface area contributed by atoms with Gasteiger partial charge in [-0.2, -0.15) is 0 Å². The van der Waals surface area contributed by atoms with Crippen molar-refractivity contribution in [2.45, 2.75) is 98.0 Å². The van der Waals surface area contributed by atoms with Crippen molar-refractivity contribution in [1.29, 1.82) is 0 Å². The summed E-state index contributed by atoms with van der Waals surface area (Å²) in [5, 5.41) is 18.7. The third-order valence-electron chi connectivity index (χ3n) is 6.44. The number of phenolic OH excluding ortho intramolecular Hbond substituents is 1. The number of rotatable bonds is 11. The molecule has 1 aliphatic heterocycles. The van der Waals surface area contributed by atoms with Gasteiger partial charge in [-0.3, -0.25) is 4.79 Å². The first-order valence-electron chi connectivity index (χ1n) is 11.7. The molecule has 1 unspecified atom stereocenters. The van der Waals surface area contributed by atoms with Crippen LogP contribution in [0.2, 0.25) is 0 Å². The van der Waals surface area contributed by atoms with E-state index in [4.69, 9.17) is 9.84 Å². The highest BCUT2D eigenvalue weighted by atomic mass is 16.5. The highest BCUT2D eigenvalue weighted by Crippen LogP contribution is 2.39. The lowest BCUT2D eigenvalue weighted by Gasteiger charge is -2.36. The largest absolute Gasteiger partial charge is 0.508 e. The fraction of sp³-hybridized carbons (Fsp3) is 0.593. The van der Waals surface area contributed by atoms with E-state index < -0.39 is 5.97 Å². The summed E-state index contributed by atoms with van der Waals surface area (Å²) in [5.41, 5.74) is 4.72. The van der Waals surface area contributed by atoms with Crippen LogP contribution < -0.4 is 4.74 Å². The topological polar surface area (TPSA) is 66.8 Å². The molecule has 0 spiro atoms. The minimum absolute atomic E-state index is 0.158. The minimum Gasteiger partial charge on any atom is -0.508 e.